The van der Waals surface area contributed by atoms with Gasteiger partial charge in [-0.3, -0.25) is 9.59 Å². The first-order valence-corrected chi connectivity index (χ1v) is 18.3. The first-order chi connectivity index (χ1) is 22.8. The van der Waals surface area contributed by atoms with E-state index in [-0.39, 0.29) is 17.5 Å². The van der Waals surface area contributed by atoms with Crippen molar-refractivity contribution in [1.29, 1.82) is 0 Å². The van der Waals surface area contributed by atoms with Crippen molar-refractivity contribution in [2.75, 3.05) is 0 Å². The molecule has 0 spiro atoms. The number of hydrogen-bond donors (Lipinski definition) is 0. The normalized spacial score (nSPS) is 15.5. The van der Waals surface area contributed by atoms with Crippen LogP contribution in [0.25, 0.3) is 0 Å². The summed E-state index contributed by atoms with van der Waals surface area (Å²) in [7, 11) is 0. The van der Waals surface area contributed by atoms with Gasteiger partial charge in [-0.2, -0.15) is 0 Å². The van der Waals surface area contributed by atoms with E-state index in [2.05, 4.69) is 105 Å². The maximum Gasteiger partial charge on any atom is 0.190 e. The van der Waals surface area contributed by atoms with Crippen LogP contribution in [0.1, 0.15) is 161 Å². The lowest BCUT2D eigenvalue weighted by Crippen LogP contribution is -2.25. The summed E-state index contributed by atoms with van der Waals surface area (Å²) in [6, 6.07) is 7.28. The minimum absolute atomic E-state index is 0.00216. The molecule has 0 heterocycles. The number of Topliss-reactive ketones (excluding diaryl/α,β-unsaturated/α-hetero) is 2. The number of carbonyl (C=O) groups is 2. The van der Waals surface area contributed by atoms with E-state index >= 15 is 0 Å². The van der Waals surface area contributed by atoms with E-state index in [1.165, 1.54) is 39.0 Å². The largest absolute Gasteiger partial charge is 0.289 e. The third-order valence-corrected chi connectivity index (χ3v) is 9.26. The van der Waals surface area contributed by atoms with Crippen LogP contribution >= 0.6 is 0 Å². The number of hydrogen-bond acceptors (Lipinski definition) is 2. The lowest BCUT2D eigenvalue weighted by molar-refractivity contribution is 0.0968. The van der Waals surface area contributed by atoms with Crippen LogP contribution in [0.5, 0.6) is 0 Å². The zero-order valence-electron chi connectivity index (χ0n) is 32.0. The van der Waals surface area contributed by atoms with Gasteiger partial charge in [0.25, 0.3) is 0 Å². The molecule has 0 amide bonds. The van der Waals surface area contributed by atoms with Crippen molar-refractivity contribution >= 4 is 11.6 Å². The fraction of sp³-hybridized carbons (Fsp3) is 0.478. The van der Waals surface area contributed by atoms with Gasteiger partial charge in [0.1, 0.15) is 0 Å². The molecule has 1 unspecified atom stereocenters. The predicted molar refractivity (Wildman–Crippen MR) is 210 cm³/mol. The number of benzene rings is 1. The number of carbonyl (C=O) groups excluding carboxylic acids is 2. The Morgan fingerprint density at radius 2 is 0.896 bits per heavy atom. The summed E-state index contributed by atoms with van der Waals surface area (Å²) in [5.74, 6) is -0.154. The molecule has 0 saturated carbocycles. The monoisotopic (exact) mass is 648 g/mol. The van der Waals surface area contributed by atoms with E-state index < -0.39 is 0 Å². The highest BCUT2D eigenvalue weighted by Crippen LogP contribution is 2.34. The molecule has 2 rings (SSSR count). The minimum Gasteiger partial charge on any atom is -0.289 e. The quantitative estimate of drug-likeness (QED) is 0.140. The molecule has 2 heteroatoms. The summed E-state index contributed by atoms with van der Waals surface area (Å²) in [5, 5.41) is 0. The van der Waals surface area contributed by atoms with Crippen LogP contribution in [0, 0.1) is 5.92 Å². The van der Waals surface area contributed by atoms with Crippen molar-refractivity contribution in [2.45, 2.75) is 140 Å². The Morgan fingerprint density at radius 3 is 1.33 bits per heavy atom. The first kappa shape index (κ1) is 40.7. The average Bonchev–Trinajstić information content (AvgIpc) is 3.02. The molecule has 1 aromatic carbocycles. The average molecular weight is 649 g/mol. The highest BCUT2D eigenvalue weighted by Gasteiger charge is 2.32. The summed E-state index contributed by atoms with van der Waals surface area (Å²) in [5.41, 5.74) is 12.0. The lowest BCUT2D eigenvalue weighted by Gasteiger charge is -2.24. The smallest absolute Gasteiger partial charge is 0.190 e. The molecule has 48 heavy (non-hydrogen) atoms. The van der Waals surface area contributed by atoms with Crippen LogP contribution in [-0.4, -0.2) is 11.6 Å². The number of rotatable bonds is 19. The van der Waals surface area contributed by atoms with Crippen LogP contribution in [-0.2, 0) is 0 Å². The second kappa shape index (κ2) is 21.5. The van der Waals surface area contributed by atoms with E-state index in [4.69, 9.17) is 0 Å². The Labute approximate surface area is 294 Å². The van der Waals surface area contributed by atoms with Crippen molar-refractivity contribution in [2.24, 2.45) is 5.92 Å². The molecule has 0 aromatic heterocycles. The first-order valence-electron chi connectivity index (χ1n) is 18.3. The van der Waals surface area contributed by atoms with Gasteiger partial charge in [-0.1, -0.05) is 106 Å². The van der Waals surface area contributed by atoms with Gasteiger partial charge in [0.15, 0.2) is 11.6 Å². The van der Waals surface area contributed by atoms with Crippen LogP contribution in [0.15, 0.2) is 117 Å². The molecule has 0 radical (unpaired) electrons. The molecular weight excluding hydrogens is 585 g/mol. The van der Waals surface area contributed by atoms with Gasteiger partial charge in [-0.25, -0.2) is 0 Å². The predicted octanol–water partition coefficient (Wildman–Crippen LogP) is 14.0. The fourth-order valence-electron chi connectivity index (χ4n) is 6.21. The van der Waals surface area contributed by atoms with Crippen LogP contribution < -0.4 is 0 Å². The molecule has 1 aliphatic carbocycles. The van der Waals surface area contributed by atoms with Crippen molar-refractivity contribution in [3.05, 3.63) is 128 Å². The van der Waals surface area contributed by atoms with E-state index in [1.54, 1.807) is 12.1 Å². The summed E-state index contributed by atoms with van der Waals surface area (Å²) in [6.45, 7) is 21.5. The Kier molecular flexibility index (Phi) is 18.2. The molecule has 1 atom stereocenters. The molecule has 1 aromatic rings. The Balaban J connectivity index is 2.16. The van der Waals surface area contributed by atoms with Gasteiger partial charge in [0.2, 0.25) is 0 Å². The van der Waals surface area contributed by atoms with Crippen LogP contribution in [0.4, 0.5) is 0 Å². The third-order valence-electron chi connectivity index (χ3n) is 9.26. The summed E-state index contributed by atoms with van der Waals surface area (Å²) in [4.78, 5) is 27.3. The van der Waals surface area contributed by atoms with Gasteiger partial charge in [0.05, 0.1) is 0 Å². The van der Waals surface area contributed by atoms with E-state index in [9.17, 15) is 9.59 Å². The van der Waals surface area contributed by atoms with E-state index in [0.717, 1.165) is 64.2 Å². The topological polar surface area (TPSA) is 34.1 Å². The number of fused-ring (bicyclic) bond motifs is 1. The SMILES string of the molecule is CC(C)=CCCC(C)=CCCC(C)=CCCC(C)=CC(CC=C(C)CCC=C(C)CCC=C(C)C)C1=C(C)C(=O)c2ccccc2C1=O. The minimum atomic E-state index is -0.129. The van der Waals surface area contributed by atoms with Gasteiger partial charge in [-0.15, -0.1) is 0 Å². The lowest BCUT2D eigenvalue weighted by atomic mass is 9.77. The van der Waals surface area contributed by atoms with Crippen LogP contribution in [0.3, 0.4) is 0 Å². The van der Waals surface area contributed by atoms with Crippen LogP contribution in [0.2, 0.25) is 0 Å². The molecular formula is C46H64O2. The third kappa shape index (κ3) is 14.7. The van der Waals surface area contributed by atoms with Gasteiger partial charge < -0.3 is 0 Å². The van der Waals surface area contributed by atoms with E-state index in [0.29, 0.717) is 28.7 Å². The highest BCUT2D eigenvalue weighted by molar-refractivity contribution is 6.27. The van der Waals surface area contributed by atoms with Gasteiger partial charge in [-0.05, 0) is 140 Å². The van der Waals surface area contributed by atoms with Crippen molar-refractivity contribution < 1.29 is 9.59 Å². The molecule has 0 saturated heterocycles. The highest BCUT2D eigenvalue weighted by atomic mass is 16.1. The molecule has 0 fully saturated rings. The van der Waals surface area contributed by atoms with Gasteiger partial charge >= 0.3 is 0 Å². The zero-order chi connectivity index (χ0) is 35.6. The number of ketones is 2. The molecule has 2 nitrogen and oxygen atoms in total. The van der Waals surface area contributed by atoms with E-state index in [1.807, 2.05) is 19.1 Å². The van der Waals surface area contributed by atoms with Crippen molar-refractivity contribution in [1.82, 2.24) is 0 Å². The zero-order valence-corrected chi connectivity index (χ0v) is 32.0. The summed E-state index contributed by atoms with van der Waals surface area (Å²) in [6.07, 6.45) is 27.6. The fourth-order valence-corrected chi connectivity index (χ4v) is 6.21. The second-order valence-electron chi connectivity index (χ2n) is 14.6. The molecule has 0 aliphatic heterocycles. The Hall–Kier alpha value is -3.52. The molecule has 0 N–H and O–H groups in total. The molecule has 260 valence electrons. The standard InChI is InChI=1S/C46H64O2/c1-33(2)18-13-20-35(5)22-15-23-37(7)25-17-27-39(9)32-41(31-30-38(8)26-16-24-36(6)21-14-19-34(3)4)44-40(10)45(47)42-28-11-12-29-43(42)46(44)48/h11-12,18-19,22,24-25,28-30,32,41H,13-17,20-21,23,26-27,31H2,1-10H3. The Bertz CT molecular complexity index is 1500. The van der Waals surface area contributed by atoms with Crippen molar-refractivity contribution in [3.63, 3.8) is 0 Å². The molecule has 0 bridgehead atoms. The van der Waals surface area contributed by atoms with Gasteiger partial charge in [0, 0.05) is 28.2 Å². The second-order valence-corrected chi connectivity index (χ2v) is 14.6. The summed E-state index contributed by atoms with van der Waals surface area (Å²) < 4.78 is 0. The summed E-state index contributed by atoms with van der Waals surface area (Å²) >= 11 is 0. The van der Waals surface area contributed by atoms with Crippen molar-refractivity contribution in [3.8, 4) is 0 Å². The molecule has 1 aliphatic rings. The number of allylic oxidation sites excluding steroid dienone is 16. The Morgan fingerprint density at radius 1 is 0.521 bits per heavy atom. The maximum atomic E-state index is 13.9. The maximum absolute atomic E-state index is 13.9.